The predicted octanol–water partition coefficient (Wildman–Crippen LogP) is 4.61. The second kappa shape index (κ2) is 7.53. The Balaban J connectivity index is 1.74. The van der Waals surface area contributed by atoms with E-state index in [0.29, 0.717) is 17.3 Å². The van der Waals surface area contributed by atoms with Crippen LogP contribution < -0.4 is 10.1 Å². The molecule has 1 amide bonds. The average Bonchev–Trinajstić information content (AvgIpc) is 2.59. The summed E-state index contributed by atoms with van der Waals surface area (Å²) < 4.78 is 5.78. The zero-order valence-corrected chi connectivity index (χ0v) is 14.9. The fourth-order valence-electron chi connectivity index (χ4n) is 2.54. The molecule has 0 fully saturated rings. The summed E-state index contributed by atoms with van der Waals surface area (Å²) >= 11 is 5.89. The Hall–Kier alpha value is -2.59. The van der Waals surface area contributed by atoms with Crippen LogP contribution in [0.25, 0.3) is 10.9 Å². The summed E-state index contributed by atoms with van der Waals surface area (Å²) in [7, 11) is 0. The van der Waals surface area contributed by atoms with Crippen molar-refractivity contribution in [3.05, 3.63) is 70.9 Å². The Morgan fingerprint density at radius 1 is 1.16 bits per heavy atom. The van der Waals surface area contributed by atoms with Gasteiger partial charge in [0.1, 0.15) is 10.9 Å². The van der Waals surface area contributed by atoms with Gasteiger partial charge in [-0.2, -0.15) is 0 Å². The third kappa shape index (κ3) is 4.28. The molecule has 0 radical (unpaired) electrons. The summed E-state index contributed by atoms with van der Waals surface area (Å²) in [5.41, 5.74) is 2.29. The van der Waals surface area contributed by atoms with Crippen LogP contribution in [0.2, 0.25) is 5.15 Å². The summed E-state index contributed by atoms with van der Waals surface area (Å²) in [6.45, 7) is 4.36. The molecule has 1 aromatic heterocycles. The van der Waals surface area contributed by atoms with E-state index in [1.54, 1.807) is 18.2 Å². The first-order valence-electron chi connectivity index (χ1n) is 8.12. The van der Waals surface area contributed by atoms with Gasteiger partial charge in [0.25, 0.3) is 5.91 Å². The number of aromatic nitrogens is 1. The Morgan fingerprint density at radius 2 is 1.96 bits per heavy atom. The number of fused-ring (bicyclic) bond motifs is 1. The summed E-state index contributed by atoms with van der Waals surface area (Å²) in [6.07, 6.45) is 0.0802. The molecular weight excluding hydrogens is 336 g/mol. The van der Waals surface area contributed by atoms with Crippen LogP contribution in [0.1, 0.15) is 29.8 Å². The number of rotatable bonds is 5. The number of para-hydroxylation sites is 1. The Morgan fingerprint density at radius 3 is 2.76 bits per heavy atom. The van der Waals surface area contributed by atoms with E-state index in [0.717, 1.165) is 22.2 Å². The minimum atomic E-state index is -0.142. The molecule has 3 aromatic rings. The Bertz CT molecular complexity index is 909. The molecular formula is C20H19ClN2O2. The fraction of sp³-hybridized carbons (Fsp3) is 0.200. The molecule has 128 valence electrons. The van der Waals surface area contributed by atoms with E-state index in [4.69, 9.17) is 16.3 Å². The molecule has 25 heavy (non-hydrogen) atoms. The highest BCUT2D eigenvalue weighted by atomic mass is 35.5. The molecule has 3 rings (SSSR count). The van der Waals surface area contributed by atoms with Gasteiger partial charge in [0.05, 0.1) is 11.6 Å². The second-order valence-electron chi connectivity index (χ2n) is 6.00. The molecule has 0 aliphatic carbocycles. The smallest absolute Gasteiger partial charge is 0.251 e. The molecule has 0 saturated heterocycles. The maximum Gasteiger partial charge on any atom is 0.251 e. The summed E-state index contributed by atoms with van der Waals surface area (Å²) in [5.74, 6) is 0.645. The number of nitrogens with one attached hydrogen (secondary N) is 1. The minimum absolute atomic E-state index is 0.0802. The molecule has 1 heterocycles. The van der Waals surface area contributed by atoms with Gasteiger partial charge in [0, 0.05) is 23.1 Å². The maximum absolute atomic E-state index is 12.5. The van der Waals surface area contributed by atoms with Gasteiger partial charge in [0.2, 0.25) is 0 Å². The van der Waals surface area contributed by atoms with Crippen LogP contribution in [-0.2, 0) is 6.54 Å². The number of pyridine rings is 1. The number of halogens is 1. The average molecular weight is 355 g/mol. The van der Waals surface area contributed by atoms with Crippen molar-refractivity contribution in [1.82, 2.24) is 10.3 Å². The van der Waals surface area contributed by atoms with Gasteiger partial charge in [-0.15, -0.1) is 0 Å². The van der Waals surface area contributed by atoms with Crippen molar-refractivity contribution in [3.8, 4) is 5.75 Å². The fourth-order valence-corrected chi connectivity index (χ4v) is 2.69. The molecule has 4 nitrogen and oxygen atoms in total. The quantitative estimate of drug-likeness (QED) is 0.681. The SMILES string of the molecule is CC(C)Oc1ccccc1CNC(=O)c1ccc2nc(Cl)ccc2c1. The molecule has 5 heteroatoms. The van der Waals surface area contributed by atoms with E-state index in [1.807, 2.05) is 50.2 Å². The first kappa shape index (κ1) is 17.2. The maximum atomic E-state index is 12.5. The molecule has 0 aliphatic heterocycles. The van der Waals surface area contributed by atoms with E-state index in [9.17, 15) is 4.79 Å². The summed E-state index contributed by atoms with van der Waals surface area (Å²) in [6, 6.07) is 16.6. The zero-order chi connectivity index (χ0) is 17.8. The van der Waals surface area contributed by atoms with Crippen LogP contribution in [-0.4, -0.2) is 17.0 Å². The number of nitrogens with zero attached hydrogens (tertiary/aromatic N) is 1. The number of carbonyl (C=O) groups excluding carboxylic acids is 1. The van der Waals surface area contributed by atoms with Gasteiger partial charge < -0.3 is 10.1 Å². The van der Waals surface area contributed by atoms with Crippen LogP contribution in [0.4, 0.5) is 0 Å². The second-order valence-corrected chi connectivity index (χ2v) is 6.39. The predicted molar refractivity (Wildman–Crippen MR) is 100 cm³/mol. The van der Waals surface area contributed by atoms with Crippen molar-refractivity contribution in [1.29, 1.82) is 0 Å². The van der Waals surface area contributed by atoms with Gasteiger partial charge in [-0.1, -0.05) is 29.8 Å². The van der Waals surface area contributed by atoms with E-state index >= 15 is 0 Å². The third-order valence-corrected chi connectivity index (χ3v) is 3.90. The lowest BCUT2D eigenvalue weighted by atomic mass is 10.1. The highest BCUT2D eigenvalue weighted by Crippen LogP contribution is 2.20. The molecule has 0 aliphatic rings. The third-order valence-electron chi connectivity index (χ3n) is 3.69. The van der Waals surface area contributed by atoms with Gasteiger partial charge in [-0.3, -0.25) is 4.79 Å². The van der Waals surface area contributed by atoms with Crippen LogP contribution >= 0.6 is 11.6 Å². The lowest BCUT2D eigenvalue weighted by Crippen LogP contribution is -2.23. The normalized spacial score (nSPS) is 10.9. The van der Waals surface area contributed by atoms with Gasteiger partial charge in [0.15, 0.2) is 0 Å². The standard InChI is InChI=1S/C20H19ClN2O2/c1-13(2)25-18-6-4-3-5-16(18)12-22-20(24)15-7-9-17-14(11-15)8-10-19(21)23-17/h3-11,13H,12H2,1-2H3,(H,22,24). The van der Waals surface area contributed by atoms with Crippen molar-refractivity contribution >= 4 is 28.4 Å². The minimum Gasteiger partial charge on any atom is -0.491 e. The number of hydrogen-bond donors (Lipinski definition) is 1. The van der Waals surface area contributed by atoms with Crippen molar-refractivity contribution in [2.75, 3.05) is 0 Å². The Kier molecular flexibility index (Phi) is 5.19. The topological polar surface area (TPSA) is 51.2 Å². The van der Waals surface area contributed by atoms with Gasteiger partial charge in [-0.05, 0) is 50.2 Å². The lowest BCUT2D eigenvalue weighted by molar-refractivity contribution is 0.0950. The number of hydrogen-bond acceptors (Lipinski definition) is 3. The summed E-state index contributed by atoms with van der Waals surface area (Å²) in [5, 5.41) is 4.25. The first-order chi connectivity index (χ1) is 12.0. The van der Waals surface area contributed by atoms with Gasteiger partial charge >= 0.3 is 0 Å². The van der Waals surface area contributed by atoms with Crippen molar-refractivity contribution in [3.63, 3.8) is 0 Å². The van der Waals surface area contributed by atoms with Crippen molar-refractivity contribution < 1.29 is 9.53 Å². The lowest BCUT2D eigenvalue weighted by Gasteiger charge is -2.14. The molecule has 0 bridgehead atoms. The highest BCUT2D eigenvalue weighted by molar-refractivity contribution is 6.29. The van der Waals surface area contributed by atoms with Crippen LogP contribution in [0.3, 0.4) is 0 Å². The molecule has 0 spiro atoms. The monoisotopic (exact) mass is 354 g/mol. The summed E-state index contributed by atoms with van der Waals surface area (Å²) in [4.78, 5) is 16.7. The van der Waals surface area contributed by atoms with E-state index in [1.165, 1.54) is 0 Å². The molecule has 0 unspecified atom stereocenters. The molecule has 0 saturated carbocycles. The number of ether oxygens (including phenoxy) is 1. The molecule has 1 N–H and O–H groups in total. The molecule has 0 atom stereocenters. The van der Waals surface area contributed by atoms with Crippen LogP contribution in [0.15, 0.2) is 54.6 Å². The van der Waals surface area contributed by atoms with E-state index in [2.05, 4.69) is 10.3 Å². The number of carbonyl (C=O) groups is 1. The first-order valence-corrected chi connectivity index (χ1v) is 8.50. The van der Waals surface area contributed by atoms with E-state index < -0.39 is 0 Å². The van der Waals surface area contributed by atoms with Gasteiger partial charge in [-0.25, -0.2) is 4.98 Å². The van der Waals surface area contributed by atoms with E-state index in [-0.39, 0.29) is 12.0 Å². The Labute approximate surface area is 151 Å². The van der Waals surface area contributed by atoms with Crippen LogP contribution in [0, 0.1) is 0 Å². The van der Waals surface area contributed by atoms with Crippen molar-refractivity contribution in [2.45, 2.75) is 26.5 Å². The molecule has 2 aromatic carbocycles. The number of amides is 1. The van der Waals surface area contributed by atoms with Crippen molar-refractivity contribution in [2.24, 2.45) is 0 Å². The van der Waals surface area contributed by atoms with Crippen LogP contribution in [0.5, 0.6) is 5.75 Å². The largest absolute Gasteiger partial charge is 0.491 e. The number of benzene rings is 2. The highest BCUT2D eigenvalue weighted by Gasteiger charge is 2.10. The zero-order valence-electron chi connectivity index (χ0n) is 14.1.